The number of allylic oxidation sites excluding steroid dienone is 1. The van der Waals surface area contributed by atoms with E-state index in [1.54, 1.807) is 0 Å². The van der Waals surface area contributed by atoms with Gasteiger partial charge >= 0.3 is 6.09 Å². The first-order chi connectivity index (χ1) is 11.8. The van der Waals surface area contributed by atoms with Crippen LogP contribution in [-0.4, -0.2) is 24.1 Å². The van der Waals surface area contributed by atoms with Crippen molar-refractivity contribution in [2.24, 2.45) is 5.92 Å². The first kappa shape index (κ1) is 16.3. The summed E-state index contributed by atoms with van der Waals surface area (Å²) < 4.78 is 5.40. The molecule has 0 unspecified atom stereocenters. The minimum absolute atomic E-state index is 0.204. The highest BCUT2D eigenvalue weighted by molar-refractivity contribution is 5.67. The third-order valence-corrected chi connectivity index (χ3v) is 4.36. The van der Waals surface area contributed by atoms with Gasteiger partial charge in [-0.15, -0.1) is 0 Å². The van der Waals surface area contributed by atoms with Gasteiger partial charge in [0.2, 0.25) is 0 Å². The Morgan fingerprint density at radius 3 is 2.29 bits per heavy atom. The molecule has 0 aromatic heterocycles. The van der Waals surface area contributed by atoms with E-state index in [2.05, 4.69) is 24.3 Å². The quantitative estimate of drug-likeness (QED) is 0.813. The van der Waals surface area contributed by atoms with Gasteiger partial charge in [0.1, 0.15) is 6.61 Å². The summed E-state index contributed by atoms with van der Waals surface area (Å²) in [5.41, 5.74) is 2.24. The number of hydrogen-bond donors (Lipinski definition) is 0. The van der Waals surface area contributed by atoms with E-state index in [-0.39, 0.29) is 6.09 Å². The third-order valence-electron chi connectivity index (χ3n) is 4.36. The van der Waals surface area contributed by atoms with Crippen LogP contribution in [0.25, 0.3) is 6.08 Å². The number of rotatable bonds is 4. The van der Waals surface area contributed by atoms with Gasteiger partial charge in [0.25, 0.3) is 0 Å². The molecule has 0 saturated carbocycles. The lowest BCUT2D eigenvalue weighted by atomic mass is 9.96. The molecule has 1 fully saturated rings. The average molecular weight is 321 g/mol. The second kappa shape index (κ2) is 8.34. The van der Waals surface area contributed by atoms with E-state index in [4.69, 9.17) is 4.74 Å². The molecular formula is C21H23NO2. The van der Waals surface area contributed by atoms with Crippen molar-refractivity contribution >= 4 is 12.2 Å². The van der Waals surface area contributed by atoms with Gasteiger partial charge in [-0.25, -0.2) is 4.79 Å². The summed E-state index contributed by atoms with van der Waals surface area (Å²) in [6.45, 7) is 1.86. The van der Waals surface area contributed by atoms with E-state index < -0.39 is 0 Å². The molecule has 0 N–H and O–H groups in total. The van der Waals surface area contributed by atoms with Crippen molar-refractivity contribution in [1.29, 1.82) is 0 Å². The molecule has 3 rings (SSSR count). The average Bonchev–Trinajstić information content (AvgIpc) is 2.66. The summed E-state index contributed by atoms with van der Waals surface area (Å²) in [7, 11) is 0. The van der Waals surface area contributed by atoms with Crippen molar-refractivity contribution in [2.45, 2.75) is 19.4 Å². The van der Waals surface area contributed by atoms with E-state index in [1.807, 2.05) is 53.4 Å². The molecular weight excluding hydrogens is 298 g/mol. The smallest absolute Gasteiger partial charge is 0.410 e. The molecule has 1 heterocycles. The van der Waals surface area contributed by atoms with Crippen LogP contribution in [-0.2, 0) is 11.3 Å². The third kappa shape index (κ3) is 4.72. The van der Waals surface area contributed by atoms with Crippen molar-refractivity contribution < 1.29 is 9.53 Å². The van der Waals surface area contributed by atoms with Crippen LogP contribution in [0.1, 0.15) is 24.0 Å². The van der Waals surface area contributed by atoms with Gasteiger partial charge < -0.3 is 9.64 Å². The molecule has 1 aliphatic rings. The number of nitrogens with zero attached hydrogens (tertiary/aromatic N) is 1. The normalized spacial score (nSPS) is 15.6. The Morgan fingerprint density at radius 2 is 1.62 bits per heavy atom. The predicted molar refractivity (Wildman–Crippen MR) is 96.4 cm³/mol. The van der Waals surface area contributed by atoms with Crippen molar-refractivity contribution in [2.75, 3.05) is 13.1 Å². The Hall–Kier alpha value is -2.55. The van der Waals surface area contributed by atoms with Gasteiger partial charge in [-0.05, 0) is 29.9 Å². The molecule has 0 aliphatic carbocycles. The first-order valence-electron chi connectivity index (χ1n) is 8.50. The SMILES string of the molecule is O=C(OCc1ccccc1)N1CCC(/C=C/c2ccccc2)CC1. The lowest BCUT2D eigenvalue weighted by Gasteiger charge is -2.30. The van der Waals surface area contributed by atoms with E-state index in [9.17, 15) is 4.79 Å². The monoisotopic (exact) mass is 321 g/mol. The van der Waals surface area contributed by atoms with Crippen LogP contribution in [0.4, 0.5) is 4.79 Å². The number of carbonyl (C=O) groups is 1. The second-order valence-electron chi connectivity index (χ2n) is 6.13. The van der Waals surface area contributed by atoms with Crippen LogP contribution < -0.4 is 0 Å². The minimum Gasteiger partial charge on any atom is -0.445 e. The summed E-state index contributed by atoms with van der Waals surface area (Å²) in [4.78, 5) is 14.0. The molecule has 0 bridgehead atoms. The highest BCUT2D eigenvalue weighted by atomic mass is 16.6. The van der Waals surface area contributed by atoms with Crippen LogP contribution in [0.3, 0.4) is 0 Å². The fraction of sp³-hybridized carbons (Fsp3) is 0.286. The molecule has 0 radical (unpaired) electrons. The minimum atomic E-state index is -0.204. The van der Waals surface area contributed by atoms with Crippen molar-refractivity contribution in [1.82, 2.24) is 4.90 Å². The molecule has 3 nitrogen and oxygen atoms in total. The standard InChI is InChI=1S/C21H23NO2/c23-21(24-17-20-9-5-2-6-10-20)22-15-13-19(14-16-22)12-11-18-7-3-1-4-8-18/h1-12,19H,13-17H2/b12-11+. The maximum Gasteiger partial charge on any atom is 0.410 e. The fourth-order valence-corrected chi connectivity index (χ4v) is 2.90. The molecule has 2 aromatic rings. The van der Waals surface area contributed by atoms with Crippen molar-refractivity contribution in [3.8, 4) is 0 Å². The number of carbonyl (C=O) groups excluding carboxylic acids is 1. The molecule has 124 valence electrons. The molecule has 0 atom stereocenters. The Labute approximate surface area is 143 Å². The molecule has 3 heteroatoms. The predicted octanol–water partition coefficient (Wildman–Crippen LogP) is 4.75. The van der Waals surface area contributed by atoms with Gasteiger partial charge in [-0.3, -0.25) is 0 Å². The summed E-state index contributed by atoms with van der Waals surface area (Å²) in [6, 6.07) is 20.1. The highest BCUT2D eigenvalue weighted by Gasteiger charge is 2.22. The Kier molecular flexibility index (Phi) is 5.67. The molecule has 1 saturated heterocycles. The summed E-state index contributed by atoms with van der Waals surface area (Å²) in [6.07, 6.45) is 6.22. The van der Waals surface area contributed by atoms with Crippen molar-refractivity contribution in [3.05, 3.63) is 77.9 Å². The first-order valence-corrected chi connectivity index (χ1v) is 8.50. The van der Waals surface area contributed by atoms with Crippen LogP contribution >= 0.6 is 0 Å². The lowest BCUT2D eigenvalue weighted by molar-refractivity contribution is 0.0855. The van der Waals surface area contributed by atoms with Crippen LogP contribution in [0, 0.1) is 5.92 Å². The van der Waals surface area contributed by atoms with Crippen molar-refractivity contribution in [3.63, 3.8) is 0 Å². The van der Waals surface area contributed by atoms with Crippen LogP contribution in [0.15, 0.2) is 66.7 Å². The Balaban J connectivity index is 1.43. The van der Waals surface area contributed by atoms with E-state index >= 15 is 0 Å². The zero-order chi connectivity index (χ0) is 16.6. The van der Waals surface area contributed by atoms with Crippen LogP contribution in [0.2, 0.25) is 0 Å². The largest absolute Gasteiger partial charge is 0.445 e. The van der Waals surface area contributed by atoms with Gasteiger partial charge in [0.05, 0.1) is 0 Å². The topological polar surface area (TPSA) is 29.5 Å². The number of hydrogen-bond acceptors (Lipinski definition) is 2. The van der Waals surface area contributed by atoms with Gasteiger partial charge in [-0.2, -0.15) is 0 Å². The number of ether oxygens (including phenoxy) is 1. The summed E-state index contributed by atoms with van der Waals surface area (Å²) in [5, 5.41) is 0. The second-order valence-corrected chi connectivity index (χ2v) is 6.13. The fourth-order valence-electron chi connectivity index (χ4n) is 2.90. The summed E-state index contributed by atoms with van der Waals surface area (Å²) in [5.74, 6) is 0.531. The Bertz CT molecular complexity index is 659. The molecule has 1 aliphatic heterocycles. The maximum absolute atomic E-state index is 12.1. The van der Waals surface area contributed by atoms with E-state index in [0.29, 0.717) is 12.5 Å². The number of amides is 1. The van der Waals surface area contributed by atoms with Gasteiger partial charge in [-0.1, -0.05) is 72.8 Å². The van der Waals surface area contributed by atoms with Gasteiger partial charge in [0, 0.05) is 13.1 Å². The lowest BCUT2D eigenvalue weighted by Crippen LogP contribution is -2.38. The number of benzene rings is 2. The molecule has 1 amide bonds. The van der Waals surface area contributed by atoms with E-state index in [0.717, 1.165) is 31.5 Å². The zero-order valence-corrected chi connectivity index (χ0v) is 13.8. The Morgan fingerprint density at radius 1 is 1.00 bits per heavy atom. The highest BCUT2D eigenvalue weighted by Crippen LogP contribution is 2.20. The zero-order valence-electron chi connectivity index (χ0n) is 13.8. The molecule has 24 heavy (non-hydrogen) atoms. The maximum atomic E-state index is 12.1. The molecule has 0 spiro atoms. The van der Waals surface area contributed by atoms with E-state index in [1.165, 1.54) is 5.56 Å². The number of likely N-dealkylation sites (tertiary alicyclic amines) is 1. The number of piperidine rings is 1. The molecule has 2 aromatic carbocycles. The summed E-state index contributed by atoms with van der Waals surface area (Å²) >= 11 is 0. The van der Waals surface area contributed by atoms with Gasteiger partial charge in [0.15, 0.2) is 0 Å². The van der Waals surface area contributed by atoms with Crippen LogP contribution in [0.5, 0.6) is 0 Å².